The van der Waals surface area contributed by atoms with Crippen LogP contribution in [0.3, 0.4) is 0 Å². The summed E-state index contributed by atoms with van der Waals surface area (Å²) in [4.78, 5) is 0. The highest BCUT2D eigenvalue weighted by Gasteiger charge is 2.12. The van der Waals surface area contributed by atoms with E-state index < -0.39 is 0 Å². The summed E-state index contributed by atoms with van der Waals surface area (Å²) < 4.78 is 11.5. The van der Waals surface area contributed by atoms with Gasteiger partial charge in [-0.1, -0.05) is 61.9 Å². The predicted octanol–water partition coefficient (Wildman–Crippen LogP) is 6.13. The minimum Gasteiger partial charge on any atom is -0.493 e. The fraction of sp³-hybridized carbons (Fsp3) is 0.478. The van der Waals surface area contributed by atoms with Crippen LogP contribution < -0.4 is 14.8 Å². The van der Waals surface area contributed by atoms with E-state index in [1.807, 2.05) is 30.3 Å². The molecule has 4 heteroatoms. The van der Waals surface area contributed by atoms with Gasteiger partial charge in [-0.3, -0.25) is 0 Å². The molecule has 3 nitrogen and oxygen atoms in total. The van der Waals surface area contributed by atoms with Gasteiger partial charge in [0.05, 0.1) is 7.11 Å². The summed E-state index contributed by atoms with van der Waals surface area (Å²) in [6.45, 7) is 1.34. The Hall–Kier alpha value is -1.71. The van der Waals surface area contributed by atoms with Gasteiger partial charge in [0.2, 0.25) is 0 Å². The molecule has 1 aliphatic carbocycles. The molecule has 1 saturated carbocycles. The zero-order chi connectivity index (χ0) is 18.9. The highest BCUT2D eigenvalue weighted by Crippen LogP contribution is 2.29. The first kappa shape index (κ1) is 20.0. The number of nitrogens with one attached hydrogen (secondary N) is 1. The lowest BCUT2D eigenvalue weighted by Gasteiger charge is -2.21. The third kappa shape index (κ3) is 6.44. The molecule has 0 unspecified atom stereocenters. The van der Waals surface area contributed by atoms with Crippen LogP contribution in [0.5, 0.6) is 11.5 Å². The molecule has 0 saturated heterocycles. The Kier molecular flexibility index (Phi) is 7.85. The molecule has 27 heavy (non-hydrogen) atoms. The molecule has 146 valence electrons. The normalized spacial score (nSPS) is 15.8. The van der Waals surface area contributed by atoms with Crippen LogP contribution in [0.2, 0.25) is 5.02 Å². The van der Waals surface area contributed by atoms with Crippen LogP contribution >= 0.6 is 11.6 Å². The Balaban J connectivity index is 1.56. The number of hydrogen-bond acceptors (Lipinski definition) is 3. The van der Waals surface area contributed by atoms with Gasteiger partial charge < -0.3 is 14.8 Å². The Morgan fingerprint density at radius 1 is 0.926 bits per heavy atom. The van der Waals surface area contributed by atoms with Crippen molar-refractivity contribution in [1.29, 1.82) is 0 Å². The summed E-state index contributed by atoms with van der Waals surface area (Å²) >= 11 is 6.04. The van der Waals surface area contributed by atoms with Crippen molar-refractivity contribution < 1.29 is 9.47 Å². The van der Waals surface area contributed by atoms with Gasteiger partial charge in [0.25, 0.3) is 0 Å². The van der Waals surface area contributed by atoms with Gasteiger partial charge in [-0.15, -0.1) is 0 Å². The van der Waals surface area contributed by atoms with E-state index in [0.29, 0.717) is 12.6 Å². The molecule has 0 spiro atoms. The topological polar surface area (TPSA) is 30.5 Å². The van der Waals surface area contributed by atoms with Crippen molar-refractivity contribution in [3.63, 3.8) is 0 Å². The van der Waals surface area contributed by atoms with Crippen molar-refractivity contribution in [1.82, 2.24) is 5.32 Å². The maximum Gasteiger partial charge on any atom is 0.161 e. The number of methoxy groups -OCH3 is 1. The molecule has 1 aliphatic rings. The maximum absolute atomic E-state index is 6.04. The number of benzene rings is 2. The zero-order valence-corrected chi connectivity index (χ0v) is 16.9. The summed E-state index contributed by atoms with van der Waals surface area (Å²) in [5.41, 5.74) is 2.27. The summed E-state index contributed by atoms with van der Waals surface area (Å²) in [5.74, 6) is 1.53. The third-order valence-corrected chi connectivity index (χ3v) is 5.45. The molecule has 1 fully saturated rings. The fourth-order valence-corrected chi connectivity index (χ4v) is 3.86. The van der Waals surface area contributed by atoms with E-state index in [1.165, 1.54) is 50.5 Å². The number of ether oxygens (including phenoxy) is 2. The highest BCUT2D eigenvalue weighted by atomic mass is 35.5. The van der Waals surface area contributed by atoms with E-state index in [2.05, 4.69) is 17.4 Å². The Morgan fingerprint density at radius 2 is 1.70 bits per heavy atom. The van der Waals surface area contributed by atoms with E-state index in [9.17, 15) is 0 Å². The van der Waals surface area contributed by atoms with E-state index in [-0.39, 0.29) is 0 Å². The molecule has 0 atom stereocenters. The first-order valence-electron chi connectivity index (χ1n) is 10.0. The van der Waals surface area contributed by atoms with Crippen LogP contribution in [0.1, 0.15) is 56.1 Å². The van der Waals surface area contributed by atoms with Crippen LogP contribution in [0.4, 0.5) is 0 Å². The number of hydrogen-bond donors (Lipinski definition) is 1. The lowest BCUT2D eigenvalue weighted by atomic mass is 9.96. The Labute approximate surface area is 168 Å². The number of rotatable bonds is 7. The molecular formula is C23H30ClNO2. The summed E-state index contributed by atoms with van der Waals surface area (Å²) in [5, 5.41) is 4.45. The summed E-state index contributed by atoms with van der Waals surface area (Å²) in [6.07, 6.45) is 9.43. The van der Waals surface area contributed by atoms with E-state index in [4.69, 9.17) is 21.1 Å². The molecule has 1 N–H and O–H groups in total. The van der Waals surface area contributed by atoms with Gasteiger partial charge in [0.1, 0.15) is 6.61 Å². The molecule has 2 aromatic carbocycles. The van der Waals surface area contributed by atoms with Crippen molar-refractivity contribution in [2.24, 2.45) is 0 Å². The fourth-order valence-electron chi connectivity index (χ4n) is 3.65. The first-order valence-corrected chi connectivity index (χ1v) is 10.4. The van der Waals surface area contributed by atoms with E-state index in [0.717, 1.165) is 28.6 Å². The van der Waals surface area contributed by atoms with Gasteiger partial charge >= 0.3 is 0 Å². The average Bonchev–Trinajstić information content (AvgIpc) is 2.66. The third-order valence-electron chi connectivity index (χ3n) is 5.21. The molecule has 0 aliphatic heterocycles. The lowest BCUT2D eigenvalue weighted by Crippen LogP contribution is -2.29. The van der Waals surface area contributed by atoms with Crippen LogP contribution in [-0.2, 0) is 13.2 Å². The van der Waals surface area contributed by atoms with Crippen molar-refractivity contribution in [3.05, 3.63) is 58.6 Å². The summed E-state index contributed by atoms with van der Waals surface area (Å²) in [7, 11) is 1.69. The second-order valence-electron chi connectivity index (χ2n) is 7.33. The quantitative estimate of drug-likeness (QED) is 0.619. The lowest BCUT2D eigenvalue weighted by molar-refractivity contribution is 0.284. The molecule has 3 rings (SSSR count). The van der Waals surface area contributed by atoms with Crippen LogP contribution in [-0.4, -0.2) is 13.2 Å². The van der Waals surface area contributed by atoms with Crippen molar-refractivity contribution in [2.75, 3.05) is 7.11 Å². The maximum atomic E-state index is 6.04. The SMILES string of the molecule is COc1cc(CNC2CCCCCCC2)ccc1OCc1cccc(Cl)c1. The smallest absolute Gasteiger partial charge is 0.161 e. The van der Waals surface area contributed by atoms with Crippen LogP contribution in [0.25, 0.3) is 0 Å². The molecule has 0 aromatic heterocycles. The summed E-state index contributed by atoms with van der Waals surface area (Å²) in [6, 6.07) is 14.5. The minimum atomic E-state index is 0.469. The monoisotopic (exact) mass is 387 g/mol. The van der Waals surface area contributed by atoms with Crippen LogP contribution in [0.15, 0.2) is 42.5 Å². The largest absolute Gasteiger partial charge is 0.493 e. The van der Waals surface area contributed by atoms with E-state index in [1.54, 1.807) is 7.11 Å². The molecular weight excluding hydrogens is 358 g/mol. The molecule has 0 heterocycles. The van der Waals surface area contributed by atoms with Crippen molar-refractivity contribution in [3.8, 4) is 11.5 Å². The first-order chi connectivity index (χ1) is 13.2. The second-order valence-corrected chi connectivity index (χ2v) is 7.76. The zero-order valence-electron chi connectivity index (χ0n) is 16.2. The Morgan fingerprint density at radius 3 is 2.44 bits per heavy atom. The minimum absolute atomic E-state index is 0.469. The average molecular weight is 388 g/mol. The Bertz CT molecular complexity index is 711. The van der Waals surface area contributed by atoms with Gasteiger partial charge in [0, 0.05) is 17.6 Å². The van der Waals surface area contributed by atoms with Crippen LogP contribution in [0, 0.1) is 0 Å². The second kappa shape index (κ2) is 10.6. The molecule has 2 aromatic rings. The van der Waals surface area contributed by atoms with Gasteiger partial charge in [-0.2, -0.15) is 0 Å². The van der Waals surface area contributed by atoms with Crippen molar-refractivity contribution >= 4 is 11.6 Å². The highest BCUT2D eigenvalue weighted by molar-refractivity contribution is 6.30. The van der Waals surface area contributed by atoms with Crippen molar-refractivity contribution in [2.45, 2.75) is 64.1 Å². The standard InChI is InChI=1S/C23H30ClNO2/c1-26-23-15-18(16-25-21-10-5-3-2-4-6-11-21)12-13-22(23)27-17-19-8-7-9-20(24)14-19/h7-9,12-15,21,25H,2-6,10-11,16-17H2,1H3. The number of halogens is 1. The molecule has 0 radical (unpaired) electrons. The molecule has 0 amide bonds. The predicted molar refractivity (Wildman–Crippen MR) is 112 cm³/mol. The van der Waals surface area contributed by atoms with Gasteiger partial charge in [0.15, 0.2) is 11.5 Å². The van der Waals surface area contributed by atoms with Gasteiger partial charge in [-0.25, -0.2) is 0 Å². The molecule has 0 bridgehead atoms. The van der Waals surface area contributed by atoms with Gasteiger partial charge in [-0.05, 0) is 48.2 Å². The van der Waals surface area contributed by atoms with E-state index >= 15 is 0 Å².